The van der Waals surface area contributed by atoms with Crippen molar-refractivity contribution in [2.45, 2.75) is 19.8 Å². The summed E-state index contributed by atoms with van der Waals surface area (Å²) in [5, 5.41) is 16.4. The van der Waals surface area contributed by atoms with E-state index in [1.165, 1.54) is 0 Å². The van der Waals surface area contributed by atoms with E-state index in [0.717, 1.165) is 6.42 Å². The molecule has 0 aliphatic heterocycles. The van der Waals surface area contributed by atoms with Gasteiger partial charge >= 0.3 is 0 Å². The largest absolute Gasteiger partial charge is 0.198 e. The quantitative estimate of drug-likeness (QED) is 0.537. The van der Waals surface area contributed by atoms with Gasteiger partial charge in [0.25, 0.3) is 0 Å². The second-order valence-corrected chi connectivity index (χ2v) is 1.60. The minimum absolute atomic E-state index is 0.0556. The van der Waals surface area contributed by atoms with Crippen LogP contribution < -0.4 is 0 Å². The van der Waals surface area contributed by atoms with E-state index in [4.69, 9.17) is 10.5 Å². The third-order valence-corrected chi connectivity index (χ3v) is 1.01. The number of nitrogens with zero attached hydrogens (tertiary/aromatic N) is 2. The van der Waals surface area contributed by atoms with E-state index >= 15 is 0 Å². The van der Waals surface area contributed by atoms with Gasteiger partial charge in [-0.1, -0.05) is 6.92 Å². The SMILES string of the molecule is CC[C@@H](C#N)CC#N. The molecule has 1 atom stereocenters. The minimum Gasteiger partial charge on any atom is -0.198 e. The average Bonchev–Trinajstić information content (AvgIpc) is 1.83. The van der Waals surface area contributed by atoms with Crippen LogP contribution in [0.4, 0.5) is 0 Å². The first kappa shape index (κ1) is 6.98. The molecule has 0 fully saturated rings. The maximum Gasteiger partial charge on any atom is 0.0666 e. The van der Waals surface area contributed by atoms with Gasteiger partial charge in [0.1, 0.15) is 0 Å². The minimum atomic E-state index is -0.0556. The lowest BCUT2D eigenvalue weighted by Gasteiger charge is -1.93. The summed E-state index contributed by atoms with van der Waals surface area (Å²) in [6.45, 7) is 1.91. The van der Waals surface area contributed by atoms with Crippen LogP contribution in [0.2, 0.25) is 0 Å². The summed E-state index contributed by atoms with van der Waals surface area (Å²) < 4.78 is 0. The van der Waals surface area contributed by atoms with Gasteiger partial charge in [-0.05, 0) is 6.42 Å². The van der Waals surface area contributed by atoms with Crippen LogP contribution in [0.5, 0.6) is 0 Å². The first-order valence-electron chi connectivity index (χ1n) is 2.61. The molecule has 0 radical (unpaired) electrons. The van der Waals surface area contributed by atoms with E-state index in [-0.39, 0.29) is 5.92 Å². The molecule has 0 spiro atoms. The fraction of sp³-hybridized carbons (Fsp3) is 0.667. The summed E-state index contributed by atoms with van der Waals surface area (Å²) in [6.07, 6.45) is 1.15. The van der Waals surface area contributed by atoms with Gasteiger partial charge in [-0.25, -0.2) is 0 Å². The number of hydrogen-bond donors (Lipinski definition) is 0. The van der Waals surface area contributed by atoms with Crippen molar-refractivity contribution < 1.29 is 0 Å². The van der Waals surface area contributed by atoms with Crippen LogP contribution in [0.25, 0.3) is 0 Å². The van der Waals surface area contributed by atoms with E-state index in [1.54, 1.807) is 0 Å². The van der Waals surface area contributed by atoms with Crippen LogP contribution in [0.15, 0.2) is 0 Å². The van der Waals surface area contributed by atoms with Gasteiger partial charge in [0.15, 0.2) is 0 Å². The summed E-state index contributed by atoms with van der Waals surface area (Å²) >= 11 is 0. The van der Waals surface area contributed by atoms with Crippen molar-refractivity contribution >= 4 is 0 Å². The molecule has 0 aliphatic rings. The Kier molecular flexibility index (Phi) is 3.62. The Hall–Kier alpha value is -1.02. The first-order chi connectivity index (χ1) is 3.85. The van der Waals surface area contributed by atoms with Gasteiger partial charge in [0, 0.05) is 0 Å². The lowest BCUT2D eigenvalue weighted by molar-refractivity contribution is 0.659. The number of rotatable bonds is 2. The van der Waals surface area contributed by atoms with Crippen molar-refractivity contribution in [1.29, 1.82) is 10.5 Å². The molecule has 0 heterocycles. The van der Waals surface area contributed by atoms with Crippen LogP contribution in [-0.4, -0.2) is 0 Å². The topological polar surface area (TPSA) is 47.6 Å². The monoisotopic (exact) mass is 108 g/mol. The molecule has 2 nitrogen and oxygen atoms in total. The van der Waals surface area contributed by atoms with Crippen molar-refractivity contribution in [3.8, 4) is 12.1 Å². The van der Waals surface area contributed by atoms with Gasteiger partial charge in [0.2, 0.25) is 0 Å². The predicted molar refractivity (Wildman–Crippen MR) is 29.6 cm³/mol. The Morgan fingerprint density at radius 2 is 2.12 bits per heavy atom. The molecular weight excluding hydrogens is 100 g/mol. The molecule has 0 aliphatic carbocycles. The molecular formula is C6H8N2. The van der Waals surface area contributed by atoms with Crippen LogP contribution in [0.1, 0.15) is 19.8 Å². The second-order valence-electron chi connectivity index (χ2n) is 1.60. The van der Waals surface area contributed by atoms with Crippen molar-refractivity contribution in [2.24, 2.45) is 5.92 Å². The summed E-state index contributed by atoms with van der Waals surface area (Å²) in [7, 11) is 0. The zero-order valence-corrected chi connectivity index (χ0v) is 4.89. The van der Waals surface area contributed by atoms with E-state index in [1.807, 2.05) is 19.1 Å². The van der Waals surface area contributed by atoms with Crippen LogP contribution in [-0.2, 0) is 0 Å². The highest BCUT2D eigenvalue weighted by Gasteiger charge is 2.00. The molecule has 0 rings (SSSR count). The van der Waals surface area contributed by atoms with Crippen molar-refractivity contribution in [1.82, 2.24) is 0 Å². The first-order valence-corrected chi connectivity index (χ1v) is 2.61. The summed E-state index contributed by atoms with van der Waals surface area (Å²) in [4.78, 5) is 0. The smallest absolute Gasteiger partial charge is 0.0666 e. The zero-order valence-electron chi connectivity index (χ0n) is 4.89. The highest BCUT2D eigenvalue weighted by molar-refractivity contribution is 4.88. The van der Waals surface area contributed by atoms with Gasteiger partial charge in [-0.15, -0.1) is 0 Å². The molecule has 0 aromatic rings. The molecule has 0 aromatic carbocycles. The van der Waals surface area contributed by atoms with Crippen LogP contribution >= 0.6 is 0 Å². The standard InChI is InChI=1S/C6H8N2/c1-2-6(5-8)3-4-7/h6H,2-3H2,1H3/t6-/m1/s1. The maximum atomic E-state index is 8.26. The molecule has 0 aromatic heterocycles. The van der Waals surface area contributed by atoms with Crippen LogP contribution in [0.3, 0.4) is 0 Å². The zero-order chi connectivity index (χ0) is 6.41. The lowest BCUT2D eigenvalue weighted by atomic mass is 10.1. The number of nitriles is 2. The van der Waals surface area contributed by atoms with E-state index in [2.05, 4.69) is 0 Å². The molecule has 8 heavy (non-hydrogen) atoms. The molecule has 0 amide bonds. The maximum absolute atomic E-state index is 8.26. The summed E-state index contributed by atoms with van der Waals surface area (Å²) in [5.74, 6) is -0.0556. The molecule has 0 bridgehead atoms. The van der Waals surface area contributed by atoms with Crippen molar-refractivity contribution in [3.63, 3.8) is 0 Å². The van der Waals surface area contributed by atoms with Crippen LogP contribution in [0, 0.1) is 28.6 Å². The normalized spacial score (nSPS) is 11.4. The second kappa shape index (κ2) is 4.15. The van der Waals surface area contributed by atoms with Crippen molar-refractivity contribution in [3.05, 3.63) is 0 Å². The molecule has 0 saturated heterocycles. The summed E-state index contributed by atoms with van der Waals surface area (Å²) in [6, 6.07) is 3.98. The third-order valence-electron chi connectivity index (χ3n) is 1.01. The molecule has 0 N–H and O–H groups in total. The van der Waals surface area contributed by atoms with Gasteiger partial charge in [-0.2, -0.15) is 10.5 Å². The van der Waals surface area contributed by atoms with Gasteiger partial charge in [-0.3, -0.25) is 0 Å². The van der Waals surface area contributed by atoms with Gasteiger partial charge in [0.05, 0.1) is 24.5 Å². The predicted octanol–water partition coefficient (Wildman–Crippen LogP) is 1.45. The fourth-order valence-corrected chi connectivity index (χ4v) is 0.391. The highest BCUT2D eigenvalue weighted by Crippen LogP contribution is 2.03. The lowest BCUT2D eigenvalue weighted by Crippen LogP contribution is -1.90. The molecule has 42 valence electrons. The van der Waals surface area contributed by atoms with E-state index in [9.17, 15) is 0 Å². The Morgan fingerprint density at radius 1 is 1.50 bits per heavy atom. The highest BCUT2D eigenvalue weighted by atomic mass is 14.3. The van der Waals surface area contributed by atoms with E-state index in [0.29, 0.717) is 6.42 Å². The Labute approximate surface area is 49.3 Å². The average molecular weight is 108 g/mol. The van der Waals surface area contributed by atoms with Crippen molar-refractivity contribution in [2.75, 3.05) is 0 Å². The van der Waals surface area contributed by atoms with Gasteiger partial charge < -0.3 is 0 Å². The Bertz CT molecular complexity index is 126. The molecule has 0 saturated carbocycles. The molecule has 0 unspecified atom stereocenters. The fourth-order valence-electron chi connectivity index (χ4n) is 0.391. The third kappa shape index (κ3) is 2.21. The number of hydrogen-bond acceptors (Lipinski definition) is 2. The summed E-state index contributed by atoms with van der Waals surface area (Å²) in [5.41, 5.74) is 0. The Morgan fingerprint density at radius 3 is 2.25 bits per heavy atom. The Balaban J connectivity index is 3.45. The van der Waals surface area contributed by atoms with E-state index < -0.39 is 0 Å². The molecule has 2 heteroatoms.